The molecule has 0 aliphatic rings. The molecular formula is C19H18ClN3O4. The first-order valence-electron chi connectivity index (χ1n) is 8.25. The lowest BCUT2D eigenvalue weighted by atomic mass is 10.1. The average Bonchev–Trinajstić information content (AvgIpc) is 3.17. The van der Waals surface area contributed by atoms with E-state index in [-0.39, 0.29) is 5.82 Å². The summed E-state index contributed by atoms with van der Waals surface area (Å²) >= 11 is 6.42. The quantitative estimate of drug-likeness (QED) is 0.664. The zero-order valence-electron chi connectivity index (χ0n) is 14.8. The van der Waals surface area contributed by atoms with Gasteiger partial charge in [-0.25, -0.2) is 14.5 Å². The van der Waals surface area contributed by atoms with E-state index >= 15 is 0 Å². The Kier molecular flexibility index (Phi) is 5.61. The summed E-state index contributed by atoms with van der Waals surface area (Å²) in [5.74, 6) is -0.0831. The molecule has 0 unspecified atom stereocenters. The van der Waals surface area contributed by atoms with E-state index in [4.69, 9.17) is 26.2 Å². The third-order valence-corrected chi connectivity index (χ3v) is 4.26. The Bertz CT molecular complexity index is 954. The van der Waals surface area contributed by atoms with Crippen LogP contribution in [0.3, 0.4) is 0 Å². The third kappa shape index (κ3) is 4.20. The van der Waals surface area contributed by atoms with Crippen LogP contribution in [-0.2, 0) is 13.0 Å². The number of carbonyl (C=O) groups is 1. The van der Waals surface area contributed by atoms with Gasteiger partial charge in [0.2, 0.25) is 0 Å². The number of hydrogen-bond donors (Lipinski definition) is 1. The van der Waals surface area contributed by atoms with Crippen molar-refractivity contribution < 1.29 is 19.4 Å². The highest BCUT2D eigenvalue weighted by molar-refractivity contribution is 6.32. The van der Waals surface area contributed by atoms with E-state index in [0.717, 1.165) is 16.9 Å². The number of hydrogen-bond acceptors (Lipinski definition) is 5. The first kappa shape index (κ1) is 18.7. The molecule has 27 heavy (non-hydrogen) atoms. The number of methoxy groups -OCH3 is 1. The van der Waals surface area contributed by atoms with Gasteiger partial charge in [0.25, 0.3) is 5.82 Å². The Morgan fingerprint density at radius 3 is 2.59 bits per heavy atom. The second-order valence-electron chi connectivity index (χ2n) is 5.72. The summed E-state index contributed by atoms with van der Waals surface area (Å²) in [4.78, 5) is 14.7. The lowest BCUT2D eigenvalue weighted by Crippen LogP contribution is -2.04. The van der Waals surface area contributed by atoms with Gasteiger partial charge in [0, 0.05) is 0 Å². The summed E-state index contributed by atoms with van der Waals surface area (Å²) in [5, 5.41) is 13.3. The molecule has 0 aliphatic heterocycles. The Labute approximate surface area is 161 Å². The van der Waals surface area contributed by atoms with Gasteiger partial charge in [-0.15, -0.1) is 5.10 Å². The molecule has 0 saturated heterocycles. The highest BCUT2D eigenvalue weighted by atomic mass is 35.5. The van der Waals surface area contributed by atoms with Gasteiger partial charge in [-0.2, -0.15) is 0 Å². The van der Waals surface area contributed by atoms with Crippen LogP contribution >= 0.6 is 11.6 Å². The number of aromatic nitrogens is 3. The minimum atomic E-state index is -1.19. The van der Waals surface area contributed by atoms with Crippen LogP contribution in [0.4, 0.5) is 0 Å². The van der Waals surface area contributed by atoms with Gasteiger partial charge in [-0.3, -0.25) is 0 Å². The number of rotatable bonds is 7. The molecule has 0 saturated carbocycles. The zero-order valence-corrected chi connectivity index (χ0v) is 15.6. The molecule has 0 bridgehead atoms. The fraction of sp³-hybridized carbons (Fsp3) is 0.211. The maximum absolute atomic E-state index is 11.0. The fourth-order valence-corrected chi connectivity index (χ4v) is 2.84. The van der Waals surface area contributed by atoms with Crippen molar-refractivity contribution in [2.24, 2.45) is 0 Å². The minimum absolute atomic E-state index is 0.274. The molecule has 0 aliphatic carbocycles. The SMILES string of the molecule is CCc1cc(-n2cnc(C(=O)O)n2)cc(Cl)c1OCc1ccc(OC)cc1. The van der Waals surface area contributed by atoms with Gasteiger partial charge >= 0.3 is 5.97 Å². The van der Waals surface area contributed by atoms with E-state index < -0.39 is 5.97 Å². The van der Waals surface area contributed by atoms with Gasteiger partial charge in [0.1, 0.15) is 24.4 Å². The number of aromatic carboxylic acids is 1. The van der Waals surface area contributed by atoms with Crippen LogP contribution in [0, 0.1) is 0 Å². The van der Waals surface area contributed by atoms with E-state index in [1.807, 2.05) is 37.3 Å². The summed E-state index contributed by atoms with van der Waals surface area (Å²) in [7, 11) is 1.62. The van der Waals surface area contributed by atoms with E-state index in [2.05, 4.69) is 10.1 Å². The molecule has 2 aromatic carbocycles. The molecule has 1 heterocycles. The van der Waals surface area contributed by atoms with Crippen LogP contribution in [0.2, 0.25) is 5.02 Å². The normalized spacial score (nSPS) is 10.6. The molecule has 0 amide bonds. The van der Waals surface area contributed by atoms with Crippen LogP contribution in [0.25, 0.3) is 5.69 Å². The van der Waals surface area contributed by atoms with Gasteiger partial charge < -0.3 is 14.6 Å². The van der Waals surface area contributed by atoms with E-state index in [1.54, 1.807) is 13.2 Å². The summed E-state index contributed by atoms with van der Waals surface area (Å²) in [6.45, 7) is 2.35. The second-order valence-corrected chi connectivity index (χ2v) is 6.13. The number of benzene rings is 2. The molecule has 7 nitrogen and oxygen atoms in total. The monoisotopic (exact) mass is 387 g/mol. The molecule has 140 valence electrons. The van der Waals surface area contributed by atoms with Crippen LogP contribution in [-0.4, -0.2) is 33.0 Å². The maximum atomic E-state index is 11.0. The van der Waals surface area contributed by atoms with Crippen molar-refractivity contribution in [1.82, 2.24) is 14.8 Å². The first-order chi connectivity index (χ1) is 13.0. The Balaban J connectivity index is 1.83. The van der Waals surface area contributed by atoms with E-state index in [9.17, 15) is 4.79 Å². The maximum Gasteiger partial charge on any atom is 0.375 e. The molecule has 3 aromatic rings. The molecule has 0 fully saturated rings. The van der Waals surface area contributed by atoms with Gasteiger partial charge in [0.15, 0.2) is 0 Å². The van der Waals surface area contributed by atoms with Gasteiger partial charge in [-0.05, 0) is 41.8 Å². The van der Waals surface area contributed by atoms with Gasteiger partial charge in [0.05, 0.1) is 17.8 Å². The summed E-state index contributed by atoms with van der Waals surface area (Å²) in [5.41, 5.74) is 2.49. The largest absolute Gasteiger partial charge is 0.497 e. The molecular weight excluding hydrogens is 370 g/mol. The van der Waals surface area contributed by atoms with Crippen molar-refractivity contribution in [2.75, 3.05) is 7.11 Å². The number of halogens is 1. The number of aryl methyl sites for hydroxylation is 1. The number of ether oxygens (including phenoxy) is 2. The standard InChI is InChI=1S/C19H18ClN3O4/c1-3-13-8-14(23-11-21-18(22-23)19(24)25)9-16(20)17(13)27-10-12-4-6-15(26-2)7-5-12/h4-9,11H,3,10H2,1-2H3,(H,24,25). The zero-order chi connectivity index (χ0) is 19.4. The van der Waals surface area contributed by atoms with Gasteiger partial charge in [-0.1, -0.05) is 30.7 Å². The topological polar surface area (TPSA) is 86.5 Å². The van der Waals surface area contributed by atoms with Crippen molar-refractivity contribution in [3.63, 3.8) is 0 Å². The molecule has 1 N–H and O–H groups in total. The second kappa shape index (κ2) is 8.09. The van der Waals surface area contributed by atoms with Crippen LogP contribution < -0.4 is 9.47 Å². The highest BCUT2D eigenvalue weighted by Crippen LogP contribution is 2.33. The van der Waals surface area contributed by atoms with Crippen molar-refractivity contribution in [1.29, 1.82) is 0 Å². The third-order valence-electron chi connectivity index (χ3n) is 3.98. The van der Waals surface area contributed by atoms with Crippen molar-refractivity contribution in [3.05, 3.63) is 64.7 Å². The van der Waals surface area contributed by atoms with E-state index in [0.29, 0.717) is 29.5 Å². The smallest absolute Gasteiger partial charge is 0.375 e. The number of carboxylic acid groups (broad SMARTS) is 1. The fourth-order valence-electron chi connectivity index (χ4n) is 2.55. The molecule has 3 rings (SSSR count). The number of nitrogens with zero attached hydrogens (tertiary/aromatic N) is 3. The summed E-state index contributed by atoms with van der Waals surface area (Å²) < 4.78 is 12.5. The molecule has 1 aromatic heterocycles. The summed E-state index contributed by atoms with van der Waals surface area (Å²) in [6.07, 6.45) is 2.03. The minimum Gasteiger partial charge on any atom is -0.497 e. The highest BCUT2D eigenvalue weighted by Gasteiger charge is 2.14. The predicted molar refractivity (Wildman–Crippen MR) is 100 cm³/mol. The summed E-state index contributed by atoms with van der Waals surface area (Å²) in [6, 6.07) is 11.1. The lowest BCUT2D eigenvalue weighted by Gasteiger charge is -2.14. The Hall–Kier alpha value is -3.06. The molecule has 0 spiro atoms. The van der Waals surface area contributed by atoms with Crippen LogP contribution in [0.1, 0.15) is 28.7 Å². The molecule has 8 heteroatoms. The van der Waals surface area contributed by atoms with Crippen molar-refractivity contribution in [2.45, 2.75) is 20.0 Å². The Morgan fingerprint density at radius 2 is 2.00 bits per heavy atom. The van der Waals surface area contributed by atoms with Crippen LogP contribution in [0.15, 0.2) is 42.7 Å². The lowest BCUT2D eigenvalue weighted by molar-refractivity contribution is 0.0683. The average molecular weight is 388 g/mol. The Morgan fingerprint density at radius 1 is 1.26 bits per heavy atom. The van der Waals surface area contributed by atoms with Crippen molar-refractivity contribution in [3.8, 4) is 17.2 Å². The first-order valence-corrected chi connectivity index (χ1v) is 8.63. The molecule has 0 atom stereocenters. The van der Waals surface area contributed by atoms with Crippen molar-refractivity contribution >= 4 is 17.6 Å². The predicted octanol–water partition coefficient (Wildman–Crippen LogP) is 3.77. The van der Waals surface area contributed by atoms with E-state index in [1.165, 1.54) is 11.0 Å². The van der Waals surface area contributed by atoms with Crippen LogP contribution in [0.5, 0.6) is 11.5 Å². The number of carboxylic acids is 1. The molecule has 0 radical (unpaired) electrons.